The van der Waals surface area contributed by atoms with Crippen molar-refractivity contribution in [3.05, 3.63) is 39.6 Å². The Morgan fingerprint density at radius 3 is 2.57 bits per heavy atom. The SMILES string of the molecule is O=C1OC2(CCC(CCO)CC2)C(O)=C1c1ccc(Cl)cc1Cl. The predicted octanol–water partition coefficient (Wildman–Crippen LogP) is 4.13. The van der Waals surface area contributed by atoms with Gasteiger partial charge in [0.1, 0.15) is 5.57 Å². The summed E-state index contributed by atoms with van der Waals surface area (Å²) in [6.45, 7) is 0.158. The maximum atomic E-state index is 12.3. The molecule has 0 bridgehead atoms. The molecule has 1 aromatic carbocycles. The number of rotatable bonds is 3. The molecule has 1 saturated carbocycles. The van der Waals surface area contributed by atoms with Gasteiger partial charge in [0.15, 0.2) is 11.4 Å². The molecule has 0 aromatic heterocycles. The van der Waals surface area contributed by atoms with E-state index >= 15 is 0 Å². The van der Waals surface area contributed by atoms with Gasteiger partial charge in [-0.3, -0.25) is 0 Å². The van der Waals surface area contributed by atoms with E-state index < -0.39 is 11.6 Å². The molecule has 2 N–H and O–H groups in total. The summed E-state index contributed by atoms with van der Waals surface area (Å²) in [6.07, 6.45) is 3.47. The summed E-state index contributed by atoms with van der Waals surface area (Å²) in [4.78, 5) is 12.3. The molecular weight excluding hydrogens is 339 g/mol. The molecule has 0 amide bonds. The molecule has 6 heteroatoms. The molecule has 1 fully saturated rings. The first-order valence-corrected chi connectivity index (χ1v) is 8.46. The molecule has 1 spiro atoms. The van der Waals surface area contributed by atoms with Crippen molar-refractivity contribution in [2.45, 2.75) is 37.7 Å². The lowest BCUT2D eigenvalue weighted by Gasteiger charge is -2.35. The fourth-order valence-electron chi connectivity index (χ4n) is 3.49. The zero-order chi connectivity index (χ0) is 16.6. The third kappa shape index (κ3) is 2.95. The van der Waals surface area contributed by atoms with Crippen molar-refractivity contribution >= 4 is 34.7 Å². The van der Waals surface area contributed by atoms with E-state index in [1.54, 1.807) is 12.1 Å². The Morgan fingerprint density at radius 2 is 1.96 bits per heavy atom. The quantitative estimate of drug-likeness (QED) is 0.799. The van der Waals surface area contributed by atoms with Crippen LogP contribution in [0.3, 0.4) is 0 Å². The van der Waals surface area contributed by atoms with Crippen LogP contribution in [-0.2, 0) is 9.53 Å². The topological polar surface area (TPSA) is 66.8 Å². The van der Waals surface area contributed by atoms with Crippen LogP contribution in [0.2, 0.25) is 10.0 Å². The number of ether oxygens (including phenoxy) is 1. The largest absolute Gasteiger partial charge is 0.507 e. The molecule has 23 heavy (non-hydrogen) atoms. The number of esters is 1. The number of halogens is 2. The van der Waals surface area contributed by atoms with E-state index in [9.17, 15) is 9.90 Å². The molecule has 2 aliphatic rings. The van der Waals surface area contributed by atoms with E-state index in [4.69, 9.17) is 33.0 Å². The lowest BCUT2D eigenvalue weighted by molar-refractivity contribution is -0.150. The monoisotopic (exact) mass is 356 g/mol. The fraction of sp³-hybridized carbons (Fsp3) is 0.471. The highest BCUT2D eigenvalue weighted by Crippen LogP contribution is 2.48. The van der Waals surface area contributed by atoms with Gasteiger partial charge in [0.2, 0.25) is 0 Å². The van der Waals surface area contributed by atoms with Gasteiger partial charge >= 0.3 is 5.97 Å². The third-order valence-corrected chi connectivity index (χ3v) is 5.36. The Bertz CT molecular complexity index is 661. The van der Waals surface area contributed by atoms with E-state index in [2.05, 4.69) is 0 Å². The molecule has 1 aliphatic carbocycles. The van der Waals surface area contributed by atoms with Crippen LogP contribution >= 0.6 is 23.2 Å². The normalized spacial score (nSPS) is 27.6. The molecule has 1 heterocycles. The van der Waals surface area contributed by atoms with Crippen LogP contribution < -0.4 is 0 Å². The van der Waals surface area contributed by atoms with Gasteiger partial charge in [0.05, 0.1) is 5.02 Å². The van der Waals surface area contributed by atoms with Gasteiger partial charge in [-0.25, -0.2) is 4.79 Å². The number of aliphatic hydroxyl groups is 2. The minimum atomic E-state index is -0.943. The van der Waals surface area contributed by atoms with Gasteiger partial charge in [-0.15, -0.1) is 0 Å². The maximum Gasteiger partial charge on any atom is 0.343 e. The standard InChI is InChI=1S/C17H18Cl2O4/c18-11-1-2-12(13(19)9-11)14-15(21)17(23-16(14)22)6-3-10(4-7-17)5-8-20/h1-2,9-10,20-21H,3-8H2. The van der Waals surface area contributed by atoms with Crippen molar-refractivity contribution in [2.24, 2.45) is 5.92 Å². The Kier molecular flexibility index (Phi) is 4.59. The summed E-state index contributed by atoms with van der Waals surface area (Å²) in [5, 5.41) is 20.5. The Hall–Kier alpha value is -1.23. The average molecular weight is 357 g/mol. The van der Waals surface area contributed by atoms with Crippen molar-refractivity contribution in [3.8, 4) is 0 Å². The molecule has 3 rings (SSSR count). The number of carbonyl (C=O) groups is 1. The Balaban J connectivity index is 1.92. The van der Waals surface area contributed by atoms with Crippen molar-refractivity contribution in [1.29, 1.82) is 0 Å². The number of hydrogen-bond donors (Lipinski definition) is 2. The Labute approximate surface area is 144 Å². The van der Waals surface area contributed by atoms with Crippen LogP contribution in [0.5, 0.6) is 0 Å². The zero-order valence-electron chi connectivity index (χ0n) is 12.5. The van der Waals surface area contributed by atoms with Gasteiger partial charge < -0.3 is 14.9 Å². The lowest BCUT2D eigenvalue weighted by atomic mass is 9.76. The van der Waals surface area contributed by atoms with Gasteiger partial charge in [-0.1, -0.05) is 29.3 Å². The number of benzene rings is 1. The first-order chi connectivity index (χ1) is 11.0. The number of hydrogen-bond acceptors (Lipinski definition) is 4. The first kappa shape index (κ1) is 16.6. The van der Waals surface area contributed by atoms with E-state index in [1.165, 1.54) is 6.07 Å². The second-order valence-electron chi connectivity index (χ2n) is 6.19. The van der Waals surface area contributed by atoms with Crippen LogP contribution in [-0.4, -0.2) is 28.4 Å². The molecule has 0 radical (unpaired) electrons. The summed E-state index contributed by atoms with van der Waals surface area (Å²) in [5.74, 6) is -0.179. The van der Waals surface area contributed by atoms with Gasteiger partial charge in [0, 0.05) is 17.2 Å². The second-order valence-corrected chi connectivity index (χ2v) is 7.03. The molecule has 0 saturated heterocycles. The second kappa shape index (κ2) is 6.34. The van der Waals surface area contributed by atoms with Crippen molar-refractivity contribution < 1.29 is 19.7 Å². The highest BCUT2D eigenvalue weighted by atomic mass is 35.5. The summed E-state index contributed by atoms with van der Waals surface area (Å²) < 4.78 is 5.56. The summed E-state index contributed by atoms with van der Waals surface area (Å²) in [5.41, 5.74) is -0.373. The Morgan fingerprint density at radius 1 is 1.26 bits per heavy atom. The molecule has 1 aliphatic heterocycles. The number of aliphatic hydroxyl groups excluding tert-OH is 2. The third-order valence-electron chi connectivity index (χ3n) is 4.81. The smallest absolute Gasteiger partial charge is 0.343 e. The molecule has 1 aromatic rings. The minimum Gasteiger partial charge on any atom is -0.507 e. The van der Waals surface area contributed by atoms with E-state index in [0.29, 0.717) is 34.4 Å². The minimum absolute atomic E-state index is 0.0332. The van der Waals surface area contributed by atoms with Gasteiger partial charge in [-0.2, -0.15) is 0 Å². The summed E-state index contributed by atoms with van der Waals surface area (Å²) >= 11 is 12.1. The van der Waals surface area contributed by atoms with Crippen molar-refractivity contribution in [1.82, 2.24) is 0 Å². The predicted molar refractivity (Wildman–Crippen MR) is 88.5 cm³/mol. The average Bonchev–Trinajstić information content (AvgIpc) is 2.74. The van der Waals surface area contributed by atoms with Crippen LogP contribution in [0.15, 0.2) is 24.0 Å². The number of carbonyl (C=O) groups excluding carboxylic acids is 1. The van der Waals surface area contributed by atoms with Crippen molar-refractivity contribution in [3.63, 3.8) is 0 Å². The molecule has 0 atom stereocenters. The highest BCUT2D eigenvalue weighted by molar-refractivity contribution is 6.37. The highest BCUT2D eigenvalue weighted by Gasteiger charge is 2.50. The van der Waals surface area contributed by atoms with Crippen LogP contribution in [0.25, 0.3) is 5.57 Å². The van der Waals surface area contributed by atoms with Crippen LogP contribution in [0.1, 0.15) is 37.7 Å². The van der Waals surface area contributed by atoms with E-state index in [0.717, 1.165) is 19.3 Å². The first-order valence-electron chi connectivity index (χ1n) is 7.70. The van der Waals surface area contributed by atoms with Gasteiger partial charge in [0.25, 0.3) is 0 Å². The van der Waals surface area contributed by atoms with Crippen LogP contribution in [0.4, 0.5) is 0 Å². The summed E-state index contributed by atoms with van der Waals surface area (Å²) in [7, 11) is 0. The molecular formula is C17H18Cl2O4. The zero-order valence-corrected chi connectivity index (χ0v) is 14.0. The summed E-state index contributed by atoms with van der Waals surface area (Å²) in [6, 6.07) is 4.78. The van der Waals surface area contributed by atoms with Crippen molar-refractivity contribution in [2.75, 3.05) is 6.61 Å². The van der Waals surface area contributed by atoms with Crippen LogP contribution in [0, 0.1) is 5.92 Å². The van der Waals surface area contributed by atoms with E-state index in [1.807, 2.05) is 0 Å². The molecule has 124 valence electrons. The van der Waals surface area contributed by atoms with Gasteiger partial charge in [-0.05, 0) is 50.2 Å². The lowest BCUT2D eigenvalue weighted by Crippen LogP contribution is -2.37. The fourth-order valence-corrected chi connectivity index (χ4v) is 3.99. The van der Waals surface area contributed by atoms with E-state index in [-0.39, 0.29) is 17.9 Å². The molecule has 4 nitrogen and oxygen atoms in total. The maximum absolute atomic E-state index is 12.3. The molecule has 0 unspecified atom stereocenters.